The lowest BCUT2D eigenvalue weighted by atomic mass is 10.0. The molecule has 4 N–H and O–H groups in total. The average molecular weight is 244 g/mol. The largest absolute Gasteiger partial charge is 0.390 e. The molecule has 0 aliphatic carbocycles. The first-order valence-electron chi connectivity index (χ1n) is 4.84. The fourth-order valence-corrected chi connectivity index (χ4v) is 1.57. The fraction of sp³-hybridized carbons (Fsp3) is 0.364. The van der Waals surface area contributed by atoms with Crippen LogP contribution in [0.1, 0.15) is 23.7 Å². The second-order valence-corrected chi connectivity index (χ2v) is 3.83. The van der Waals surface area contributed by atoms with Gasteiger partial charge in [0.15, 0.2) is 0 Å². The zero-order valence-corrected chi connectivity index (χ0v) is 9.39. The number of carbonyl (C=O) groups is 1. The lowest BCUT2D eigenvalue weighted by molar-refractivity contribution is -0.121. The van der Waals surface area contributed by atoms with Crippen LogP contribution in [-0.2, 0) is 10.7 Å². The van der Waals surface area contributed by atoms with Crippen molar-refractivity contribution >= 4 is 17.5 Å². The minimum atomic E-state index is -1.19. The van der Waals surface area contributed by atoms with Crippen LogP contribution in [0.3, 0.4) is 0 Å². The minimum Gasteiger partial charge on any atom is -0.390 e. The Balaban J connectivity index is 2.78. The number of alkyl halides is 1. The zero-order valence-electron chi connectivity index (χ0n) is 8.64. The summed E-state index contributed by atoms with van der Waals surface area (Å²) in [5.41, 5.74) is 6.29. The van der Waals surface area contributed by atoms with Gasteiger partial charge in [0.2, 0.25) is 5.91 Å². The number of amides is 1. The molecule has 1 aromatic carbocycles. The van der Waals surface area contributed by atoms with Gasteiger partial charge in [0.05, 0.1) is 12.5 Å². The summed E-state index contributed by atoms with van der Waals surface area (Å²) >= 11 is 5.65. The summed E-state index contributed by atoms with van der Waals surface area (Å²) in [5.74, 6) is -0.327. The van der Waals surface area contributed by atoms with E-state index in [-0.39, 0.29) is 6.42 Å². The predicted molar refractivity (Wildman–Crippen MR) is 60.8 cm³/mol. The van der Waals surface area contributed by atoms with E-state index in [0.29, 0.717) is 11.4 Å². The molecule has 5 heteroatoms. The van der Waals surface area contributed by atoms with Gasteiger partial charge in [-0.25, -0.2) is 0 Å². The third-order valence-corrected chi connectivity index (χ3v) is 2.53. The summed E-state index contributed by atoms with van der Waals surface area (Å²) < 4.78 is 0. The number of nitrogens with two attached hydrogens (primary N) is 1. The molecule has 1 amide bonds. The first-order valence-corrected chi connectivity index (χ1v) is 5.37. The standard InChI is InChI=1S/C11H14ClNO3/c12-6-7-2-1-3-8(4-7)11(16)9(14)5-10(13)15/h1-4,9,11,14,16H,5-6H2,(H2,13,15). The second-order valence-electron chi connectivity index (χ2n) is 3.56. The van der Waals surface area contributed by atoms with Gasteiger partial charge < -0.3 is 15.9 Å². The molecule has 0 saturated heterocycles. The molecule has 4 nitrogen and oxygen atoms in total. The van der Waals surface area contributed by atoms with Crippen LogP contribution in [0.25, 0.3) is 0 Å². The number of aliphatic hydroxyl groups excluding tert-OH is 2. The van der Waals surface area contributed by atoms with Crippen molar-refractivity contribution in [2.24, 2.45) is 5.73 Å². The summed E-state index contributed by atoms with van der Waals surface area (Å²) in [6, 6.07) is 6.88. The van der Waals surface area contributed by atoms with Crippen LogP contribution >= 0.6 is 11.6 Å². The molecule has 1 rings (SSSR count). The molecule has 0 aliphatic heterocycles. The van der Waals surface area contributed by atoms with Crippen molar-refractivity contribution in [3.63, 3.8) is 0 Å². The number of hydrogen-bond donors (Lipinski definition) is 3. The number of aliphatic hydroxyl groups is 2. The lowest BCUT2D eigenvalue weighted by Gasteiger charge is -2.17. The van der Waals surface area contributed by atoms with E-state index in [1.165, 1.54) is 0 Å². The van der Waals surface area contributed by atoms with E-state index in [1.54, 1.807) is 18.2 Å². The van der Waals surface area contributed by atoms with Crippen LogP contribution in [-0.4, -0.2) is 22.2 Å². The van der Waals surface area contributed by atoms with E-state index >= 15 is 0 Å². The van der Waals surface area contributed by atoms with Crippen molar-refractivity contribution in [1.82, 2.24) is 0 Å². The number of primary amides is 1. The summed E-state index contributed by atoms with van der Waals surface area (Å²) in [4.78, 5) is 10.6. The van der Waals surface area contributed by atoms with Gasteiger partial charge in [0.25, 0.3) is 0 Å². The minimum absolute atomic E-state index is 0.272. The van der Waals surface area contributed by atoms with Gasteiger partial charge in [-0.2, -0.15) is 0 Å². The smallest absolute Gasteiger partial charge is 0.220 e. The van der Waals surface area contributed by atoms with Crippen molar-refractivity contribution in [1.29, 1.82) is 0 Å². The topological polar surface area (TPSA) is 83.6 Å². The quantitative estimate of drug-likeness (QED) is 0.666. The molecule has 0 heterocycles. The Bertz CT molecular complexity index is 370. The highest BCUT2D eigenvalue weighted by molar-refractivity contribution is 6.17. The lowest BCUT2D eigenvalue weighted by Crippen LogP contribution is -2.25. The summed E-state index contributed by atoms with van der Waals surface area (Å²) in [6.07, 6.45) is -2.59. The van der Waals surface area contributed by atoms with Gasteiger partial charge >= 0.3 is 0 Å². The first kappa shape index (κ1) is 13.0. The molecule has 0 spiro atoms. The molecule has 16 heavy (non-hydrogen) atoms. The van der Waals surface area contributed by atoms with E-state index in [2.05, 4.69) is 0 Å². The molecule has 0 fully saturated rings. The highest BCUT2D eigenvalue weighted by Gasteiger charge is 2.20. The number of carbonyl (C=O) groups excluding carboxylic acids is 1. The first-order chi connectivity index (χ1) is 7.54. The van der Waals surface area contributed by atoms with Crippen molar-refractivity contribution in [3.8, 4) is 0 Å². The van der Waals surface area contributed by atoms with Crippen molar-refractivity contribution in [3.05, 3.63) is 35.4 Å². The summed E-state index contributed by atoms with van der Waals surface area (Å²) in [6.45, 7) is 0. The molecule has 2 unspecified atom stereocenters. The van der Waals surface area contributed by atoms with Crippen molar-refractivity contribution in [2.75, 3.05) is 0 Å². The number of halogens is 1. The zero-order chi connectivity index (χ0) is 12.1. The van der Waals surface area contributed by atoms with Gasteiger partial charge in [-0.05, 0) is 11.1 Å². The van der Waals surface area contributed by atoms with Crippen LogP contribution in [0.2, 0.25) is 0 Å². The summed E-state index contributed by atoms with van der Waals surface area (Å²) in [5, 5.41) is 19.3. The molecular weight excluding hydrogens is 230 g/mol. The van der Waals surface area contributed by atoms with Crippen molar-refractivity contribution < 1.29 is 15.0 Å². The Morgan fingerprint density at radius 3 is 2.69 bits per heavy atom. The number of rotatable bonds is 5. The molecule has 0 radical (unpaired) electrons. The SMILES string of the molecule is NC(=O)CC(O)C(O)c1cccc(CCl)c1. The Morgan fingerprint density at radius 2 is 2.12 bits per heavy atom. The van der Waals surface area contributed by atoms with Crippen LogP contribution in [0.5, 0.6) is 0 Å². The third kappa shape index (κ3) is 3.48. The molecule has 88 valence electrons. The van der Waals surface area contributed by atoms with Crippen molar-refractivity contribution in [2.45, 2.75) is 24.5 Å². The van der Waals surface area contributed by atoms with Crippen LogP contribution < -0.4 is 5.73 Å². The van der Waals surface area contributed by atoms with E-state index in [4.69, 9.17) is 17.3 Å². The van der Waals surface area contributed by atoms with Crippen LogP contribution in [0.4, 0.5) is 0 Å². The van der Waals surface area contributed by atoms with E-state index in [9.17, 15) is 15.0 Å². The maximum atomic E-state index is 10.6. The van der Waals surface area contributed by atoms with E-state index in [1.807, 2.05) is 6.07 Å². The van der Waals surface area contributed by atoms with Gasteiger partial charge in [0.1, 0.15) is 6.10 Å². The van der Waals surface area contributed by atoms with E-state index in [0.717, 1.165) is 5.56 Å². The van der Waals surface area contributed by atoms with Crippen LogP contribution in [0.15, 0.2) is 24.3 Å². The maximum absolute atomic E-state index is 10.6. The van der Waals surface area contributed by atoms with Crippen LogP contribution in [0, 0.1) is 0 Å². The van der Waals surface area contributed by atoms with Gasteiger partial charge in [-0.1, -0.05) is 24.3 Å². The molecule has 1 aromatic rings. The number of benzene rings is 1. The Labute approximate surface area is 98.6 Å². The van der Waals surface area contributed by atoms with Gasteiger partial charge in [-0.15, -0.1) is 11.6 Å². The molecule has 0 aromatic heterocycles. The average Bonchev–Trinajstić information content (AvgIpc) is 2.27. The Hall–Kier alpha value is -1.10. The predicted octanol–water partition coefficient (Wildman–Crippen LogP) is 0.695. The van der Waals surface area contributed by atoms with Gasteiger partial charge in [-0.3, -0.25) is 4.79 Å². The Kier molecular flexibility index (Phi) is 4.73. The Morgan fingerprint density at radius 1 is 1.44 bits per heavy atom. The summed E-state index contributed by atoms with van der Waals surface area (Å²) in [7, 11) is 0. The highest BCUT2D eigenvalue weighted by atomic mass is 35.5. The maximum Gasteiger partial charge on any atom is 0.220 e. The monoisotopic (exact) mass is 243 g/mol. The van der Waals surface area contributed by atoms with E-state index < -0.39 is 18.1 Å². The second kappa shape index (κ2) is 5.84. The fourth-order valence-electron chi connectivity index (χ4n) is 1.40. The molecule has 0 bridgehead atoms. The molecule has 0 aliphatic rings. The molecule has 0 saturated carbocycles. The number of hydrogen-bond acceptors (Lipinski definition) is 3. The third-order valence-electron chi connectivity index (χ3n) is 2.22. The molecule has 2 atom stereocenters. The highest BCUT2D eigenvalue weighted by Crippen LogP contribution is 2.20. The normalized spacial score (nSPS) is 14.4. The molecular formula is C11H14ClNO3. The van der Waals surface area contributed by atoms with Gasteiger partial charge in [0, 0.05) is 5.88 Å².